The van der Waals surface area contributed by atoms with E-state index in [1.807, 2.05) is 12.1 Å². The van der Waals surface area contributed by atoms with Crippen LogP contribution in [0.25, 0.3) is 0 Å². The number of amidine groups is 1. The Morgan fingerprint density at radius 1 is 1.50 bits per heavy atom. The van der Waals surface area contributed by atoms with Gasteiger partial charge >= 0.3 is 0 Å². The highest BCUT2D eigenvalue weighted by molar-refractivity contribution is 8.14. The van der Waals surface area contributed by atoms with E-state index in [0.717, 1.165) is 12.2 Å². The van der Waals surface area contributed by atoms with Gasteiger partial charge < -0.3 is 0 Å². The first kappa shape index (κ1) is 9.48. The van der Waals surface area contributed by atoms with Gasteiger partial charge in [-0.3, -0.25) is 15.2 Å². The molecule has 0 aromatic carbocycles. The third kappa shape index (κ3) is 2.24. The fraction of sp³-hybridized carbons (Fsp3) is 0.333. The van der Waals surface area contributed by atoms with Crippen molar-refractivity contribution in [1.29, 1.82) is 0 Å². The number of rotatable bonds is 2. The van der Waals surface area contributed by atoms with Gasteiger partial charge in [0, 0.05) is 18.1 Å². The van der Waals surface area contributed by atoms with Crippen molar-refractivity contribution in [1.82, 2.24) is 10.5 Å². The minimum atomic E-state index is 0.261. The number of pyridine rings is 1. The van der Waals surface area contributed by atoms with Crippen LogP contribution in [0.1, 0.15) is 5.56 Å². The van der Waals surface area contributed by atoms with Crippen LogP contribution < -0.4 is 5.48 Å². The Balaban J connectivity index is 1.97. The second kappa shape index (κ2) is 4.43. The van der Waals surface area contributed by atoms with Crippen LogP contribution >= 0.6 is 11.8 Å². The van der Waals surface area contributed by atoms with Crippen molar-refractivity contribution in [3.63, 3.8) is 0 Å². The first-order chi connectivity index (χ1) is 6.88. The molecule has 0 amide bonds. The average Bonchev–Trinajstić information content (AvgIpc) is 2.67. The largest absolute Gasteiger partial charge is 0.289 e. The Bertz CT molecular complexity index is 328. The van der Waals surface area contributed by atoms with E-state index in [1.54, 1.807) is 24.2 Å². The molecule has 0 saturated carbocycles. The number of nitrogens with zero attached hydrogens (tertiary/aromatic N) is 2. The van der Waals surface area contributed by atoms with Crippen molar-refractivity contribution in [3.8, 4) is 0 Å². The third-order valence-electron chi connectivity index (χ3n) is 2.03. The Morgan fingerprint density at radius 2 is 2.29 bits per heavy atom. The maximum absolute atomic E-state index is 8.64. The lowest BCUT2D eigenvalue weighted by Gasteiger charge is -2.04. The lowest BCUT2D eigenvalue weighted by Crippen LogP contribution is -2.12. The topological polar surface area (TPSA) is 57.5 Å². The van der Waals surface area contributed by atoms with E-state index >= 15 is 0 Å². The van der Waals surface area contributed by atoms with Gasteiger partial charge in [-0.25, -0.2) is 5.48 Å². The highest BCUT2D eigenvalue weighted by Gasteiger charge is 2.17. The van der Waals surface area contributed by atoms with Crippen LogP contribution in [0.4, 0.5) is 0 Å². The molecule has 0 aliphatic carbocycles. The molecule has 2 heterocycles. The van der Waals surface area contributed by atoms with Crippen LogP contribution in [-0.2, 0) is 6.42 Å². The van der Waals surface area contributed by atoms with Gasteiger partial charge in [-0.2, -0.15) is 0 Å². The van der Waals surface area contributed by atoms with E-state index in [2.05, 4.69) is 15.5 Å². The summed E-state index contributed by atoms with van der Waals surface area (Å²) in [4.78, 5) is 8.26. The van der Waals surface area contributed by atoms with Crippen LogP contribution in [0.3, 0.4) is 0 Å². The van der Waals surface area contributed by atoms with Crippen LogP contribution in [0.15, 0.2) is 29.5 Å². The molecule has 0 unspecified atom stereocenters. The predicted molar refractivity (Wildman–Crippen MR) is 56.5 cm³/mol. The second-order valence-electron chi connectivity index (χ2n) is 3.07. The molecular formula is C9H11N3OS. The summed E-state index contributed by atoms with van der Waals surface area (Å²) in [6.45, 7) is 0. The van der Waals surface area contributed by atoms with E-state index in [1.165, 1.54) is 5.56 Å². The minimum Gasteiger partial charge on any atom is -0.289 e. The van der Waals surface area contributed by atoms with E-state index in [4.69, 9.17) is 5.21 Å². The molecule has 4 nitrogen and oxygen atoms in total. The molecule has 1 aliphatic rings. The van der Waals surface area contributed by atoms with E-state index < -0.39 is 0 Å². The van der Waals surface area contributed by atoms with Gasteiger partial charge in [-0.1, -0.05) is 11.8 Å². The lowest BCUT2D eigenvalue weighted by molar-refractivity contribution is 0.237. The van der Waals surface area contributed by atoms with Crippen molar-refractivity contribution in [3.05, 3.63) is 30.1 Å². The van der Waals surface area contributed by atoms with Gasteiger partial charge in [0.1, 0.15) is 0 Å². The van der Waals surface area contributed by atoms with E-state index in [-0.39, 0.29) is 6.04 Å². The number of hydroxylamine groups is 1. The third-order valence-corrected chi connectivity index (χ3v) is 3.05. The molecule has 0 saturated heterocycles. The molecule has 2 N–H and O–H groups in total. The summed E-state index contributed by atoms with van der Waals surface area (Å²) in [6, 6.07) is 4.24. The zero-order valence-corrected chi connectivity index (χ0v) is 8.37. The molecule has 5 heteroatoms. The predicted octanol–water partition coefficient (Wildman–Crippen LogP) is 1.07. The molecule has 1 aromatic heterocycles. The van der Waals surface area contributed by atoms with Crippen LogP contribution in [-0.4, -0.2) is 27.2 Å². The molecule has 0 spiro atoms. The Labute approximate surface area is 86.4 Å². The number of aliphatic imine (C=N–C) groups is 1. The summed E-state index contributed by atoms with van der Waals surface area (Å²) < 4.78 is 0. The molecule has 74 valence electrons. The van der Waals surface area contributed by atoms with Crippen molar-refractivity contribution in [2.45, 2.75) is 12.5 Å². The summed E-state index contributed by atoms with van der Waals surface area (Å²) >= 11 is 1.54. The maximum Gasteiger partial charge on any atom is 0.180 e. The van der Waals surface area contributed by atoms with Gasteiger partial charge in [0.25, 0.3) is 0 Å². The molecule has 0 radical (unpaired) electrons. The number of aromatic nitrogens is 1. The summed E-state index contributed by atoms with van der Waals surface area (Å²) in [5.41, 5.74) is 3.31. The lowest BCUT2D eigenvalue weighted by atomic mass is 10.1. The number of nitrogens with one attached hydrogen (secondary N) is 1. The zero-order valence-electron chi connectivity index (χ0n) is 7.55. The smallest absolute Gasteiger partial charge is 0.180 e. The number of hydrogen-bond donors (Lipinski definition) is 2. The van der Waals surface area contributed by atoms with Crippen molar-refractivity contribution >= 4 is 16.9 Å². The number of thioether (sulfide) groups is 1. The molecule has 1 atom stereocenters. The van der Waals surface area contributed by atoms with Crippen molar-refractivity contribution in [2.24, 2.45) is 4.99 Å². The SMILES string of the molecule is ONC1=N[C@H](Cc2ccncc2)CS1. The first-order valence-corrected chi connectivity index (χ1v) is 5.36. The van der Waals surface area contributed by atoms with Gasteiger partial charge in [0.15, 0.2) is 5.17 Å². The quantitative estimate of drug-likeness (QED) is 0.715. The normalized spacial score (nSPS) is 20.6. The van der Waals surface area contributed by atoms with Crippen molar-refractivity contribution < 1.29 is 5.21 Å². The minimum absolute atomic E-state index is 0.261. The van der Waals surface area contributed by atoms with Gasteiger partial charge in [-0.05, 0) is 24.1 Å². The Morgan fingerprint density at radius 3 is 2.93 bits per heavy atom. The fourth-order valence-electron chi connectivity index (χ4n) is 1.37. The molecule has 0 bridgehead atoms. The van der Waals surface area contributed by atoms with Gasteiger partial charge in [-0.15, -0.1) is 0 Å². The summed E-state index contributed by atoms with van der Waals surface area (Å²) in [5, 5.41) is 9.25. The highest BCUT2D eigenvalue weighted by Crippen LogP contribution is 2.19. The number of hydrogen-bond acceptors (Lipinski definition) is 5. The fourth-order valence-corrected chi connectivity index (χ4v) is 2.20. The highest BCUT2D eigenvalue weighted by atomic mass is 32.2. The molecule has 14 heavy (non-hydrogen) atoms. The van der Waals surface area contributed by atoms with Crippen LogP contribution in [0.5, 0.6) is 0 Å². The van der Waals surface area contributed by atoms with E-state index in [9.17, 15) is 0 Å². The molecule has 1 aliphatic heterocycles. The first-order valence-electron chi connectivity index (χ1n) is 4.38. The molecule has 2 rings (SSSR count). The standard InChI is InChI=1S/C9H11N3OS/c13-12-9-11-8(6-14-9)5-7-1-3-10-4-2-7/h1-4,8,13H,5-6H2,(H,11,12)/t8-/m1/s1. The monoisotopic (exact) mass is 209 g/mol. The maximum atomic E-state index is 8.64. The van der Waals surface area contributed by atoms with Crippen LogP contribution in [0.2, 0.25) is 0 Å². The van der Waals surface area contributed by atoms with Gasteiger partial charge in [0.2, 0.25) is 0 Å². The average molecular weight is 209 g/mol. The Kier molecular flexibility index (Phi) is 3.00. The van der Waals surface area contributed by atoms with E-state index in [0.29, 0.717) is 5.17 Å². The zero-order chi connectivity index (χ0) is 9.80. The summed E-state index contributed by atoms with van der Waals surface area (Å²) in [6.07, 6.45) is 4.47. The van der Waals surface area contributed by atoms with Crippen LogP contribution in [0, 0.1) is 0 Å². The summed E-state index contributed by atoms with van der Waals surface area (Å²) in [7, 11) is 0. The van der Waals surface area contributed by atoms with Crippen molar-refractivity contribution in [2.75, 3.05) is 5.75 Å². The molecular weight excluding hydrogens is 198 g/mol. The second-order valence-corrected chi connectivity index (χ2v) is 4.08. The molecule has 1 aromatic rings. The molecule has 0 fully saturated rings. The van der Waals surface area contributed by atoms with Gasteiger partial charge in [0.05, 0.1) is 6.04 Å². The summed E-state index contributed by atoms with van der Waals surface area (Å²) in [5.74, 6) is 0.922. The Hall–Kier alpha value is -1.07.